The van der Waals surface area contributed by atoms with E-state index in [4.69, 9.17) is 10.2 Å². The lowest BCUT2D eigenvalue weighted by molar-refractivity contribution is 0.0697. The van der Waals surface area contributed by atoms with E-state index in [-0.39, 0.29) is 11.3 Å². The van der Waals surface area contributed by atoms with E-state index in [0.717, 1.165) is 11.6 Å². The average molecular weight is 258 g/mol. The van der Waals surface area contributed by atoms with Crippen LogP contribution in [0.2, 0.25) is 0 Å². The standard InChI is InChI=1S/C15H11FO3/c16-14-9-13(17)8-7-11(14)4-1-10-2-5-12(6-3-10)15(18)19/h1-9,17H,(H,18,19)/b4-1+. The third-order valence-corrected chi connectivity index (χ3v) is 2.60. The molecule has 0 saturated carbocycles. The van der Waals surface area contributed by atoms with Crippen LogP contribution in [-0.4, -0.2) is 16.2 Å². The summed E-state index contributed by atoms with van der Waals surface area (Å²) >= 11 is 0. The summed E-state index contributed by atoms with van der Waals surface area (Å²) in [7, 11) is 0. The Balaban J connectivity index is 2.20. The fourth-order valence-corrected chi connectivity index (χ4v) is 1.57. The van der Waals surface area contributed by atoms with Gasteiger partial charge in [-0.15, -0.1) is 0 Å². The molecule has 2 aromatic carbocycles. The Kier molecular flexibility index (Phi) is 3.61. The molecule has 2 rings (SSSR count). The molecule has 0 spiro atoms. The Bertz CT molecular complexity index is 630. The monoisotopic (exact) mass is 258 g/mol. The Hall–Kier alpha value is -2.62. The second kappa shape index (κ2) is 5.35. The predicted octanol–water partition coefficient (Wildman–Crippen LogP) is 3.40. The molecule has 0 aliphatic rings. The molecule has 0 saturated heterocycles. The minimum Gasteiger partial charge on any atom is -0.508 e. The van der Waals surface area contributed by atoms with Crippen molar-refractivity contribution in [3.63, 3.8) is 0 Å². The first kappa shape index (κ1) is 12.8. The average Bonchev–Trinajstić information content (AvgIpc) is 2.38. The van der Waals surface area contributed by atoms with Gasteiger partial charge in [0, 0.05) is 11.6 Å². The zero-order valence-corrected chi connectivity index (χ0v) is 9.88. The smallest absolute Gasteiger partial charge is 0.335 e. The number of rotatable bonds is 3. The molecular formula is C15H11FO3. The van der Waals surface area contributed by atoms with Crippen molar-refractivity contribution in [1.29, 1.82) is 0 Å². The first-order valence-corrected chi connectivity index (χ1v) is 5.56. The van der Waals surface area contributed by atoms with Crippen molar-refractivity contribution in [2.75, 3.05) is 0 Å². The molecule has 96 valence electrons. The van der Waals surface area contributed by atoms with Crippen molar-refractivity contribution in [3.05, 3.63) is 65.0 Å². The quantitative estimate of drug-likeness (QED) is 0.829. The highest BCUT2D eigenvalue weighted by Gasteiger charge is 2.01. The topological polar surface area (TPSA) is 57.5 Å². The van der Waals surface area contributed by atoms with E-state index >= 15 is 0 Å². The van der Waals surface area contributed by atoms with Gasteiger partial charge < -0.3 is 10.2 Å². The molecule has 0 aliphatic carbocycles. The summed E-state index contributed by atoms with van der Waals surface area (Å²) in [6, 6.07) is 10.1. The van der Waals surface area contributed by atoms with E-state index < -0.39 is 11.8 Å². The maximum absolute atomic E-state index is 13.4. The molecule has 0 fully saturated rings. The van der Waals surface area contributed by atoms with Crippen LogP contribution in [0.25, 0.3) is 12.2 Å². The SMILES string of the molecule is O=C(O)c1ccc(/C=C/c2ccc(O)cc2F)cc1. The summed E-state index contributed by atoms with van der Waals surface area (Å²) in [5, 5.41) is 17.8. The zero-order chi connectivity index (χ0) is 13.8. The number of benzene rings is 2. The summed E-state index contributed by atoms with van der Waals surface area (Å²) in [6.45, 7) is 0. The van der Waals surface area contributed by atoms with Crippen LogP contribution in [0.3, 0.4) is 0 Å². The number of carboxylic acid groups (broad SMARTS) is 1. The normalized spacial score (nSPS) is 10.8. The van der Waals surface area contributed by atoms with Gasteiger partial charge in [0.15, 0.2) is 0 Å². The van der Waals surface area contributed by atoms with Crippen LogP contribution < -0.4 is 0 Å². The lowest BCUT2D eigenvalue weighted by atomic mass is 10.1. The molecule has 0 amide bonds. The van der Waals surface area contributed by atoms with Crippen molar-refractivity contribution in [3.8, 4) is 5.75 Å². The molecule has 4 heteroatoms. The molecule has 19 heavy (non-hydrogen) atoms. The molecular weight excluding hydrogens is 247 g/mol. The van der Waals surface area contributed by atoms with Gasteiger partial charge in [0.05, 0.1) is 5.56 Å². The first-order chi connectivity index (χ1) is 9.06. The molecule has 3 nitrogen and oxygen atoms in total. The number of halogens is 1. The van der Waals surface area contributed by atoms with Gasteiger partial charge in [-0.25, -0.2) is 9.18 Å². The number of hydrogen-bond donors (Lipinski definition) is 2. The van der Waals surface area contributed by atoms with E-state index in [1.54, 1.807) is 24.3 Å². The Morgan fingerprint density at radius 3 is 2.32 bits per heavy atom. The van der Waals surface area contributed by atoms with Crippen molar-refractivity contribution >= 4 is 18.1 Å². The highest BCUT2D eigenvalue weighted by atomic mass is 19.1. The van der Waals surface area contributed by atoms with Gasteiger partial charge in [0.1, 0.15) is 11.6 Å². The lowest BCUT2D eigenvalue weighted by Crippen LogP contribution is -1.94. The van der Waals surface area contributed by atoms with Crippen molar-refractivity contribution in [2.24, 2.45) is 0 Å². The minimum atomic E-state index is -0.986. The van der Waals surface area contributed by atoms with Crippen LogP contribution in [0.15, 0.2) is 42.5 Å². The molecule has 0 unspecified atom stereocenters. The predicted molar refractivity (Wildman–Crippen MR) is 70.4 cm³/mol. The van der Waals surface area contributed by atoms with Crippen molar-refractivity contribution in [1.82, 2.24) is 0 Å². The van der Waals surface area contributed by atoms with Crippen molar-refractivity contribution in [2.45, 2.75) is 0 Å². The summed E-state index contributed by atoms with van der Waals surface area (Å²) in [5.74, 6) is -1.63. The second-order valence-corrected chi connectivity index (χ2v) is 3.97. The minimum absolute atomic E-state index is 0.125. The highest BCUT2D eigenvalue weighted by Crippen LogP contribution is 2.17. The summed E-state index contributed by atoms with van der Waals surface area (Å²) in [6.07, 6.45) is 3.23. The Morgan fingerprint density at radius 1 is 1.05 bits per heavy atom. The van der Waals surface area contributed by atoms with Gasteiger partial charge in [-0.3, -0.25) is 0 Å². The zero-order valence-electron chi connectivity index (χ0n) is 9.88. The molecule has 0 atom stereocenters. The molecule has 2 aromatic rings. The maximum Gasteiger partial charge on any atom is 0.335 e. The van der Waals surface area contributed by atoms with Crippen LogP contribution in [0.5, 0.6) is 5.75 Å². The molecule has 0 bridgehead atoms. The Labute approximate surface area is 109 Å². The molecule has 0 heterocycles. The number of aromatic carboxylic acids is 1. The summed E-state index contributed by atoms with van der Waals surface area (Å²) < 4.78 is 13.4. The third kappa shape index (κ3) is 3.19. The first-order valence-electron chi connectivity index (χ1n) is 5.56. The number of hydrogen-bond acceptors (Lipinski definition) is 2. The molecule has 0 aromatic heterocycles. The molecule has 0 aliphatic heterocycles. The fraction of sp³-hybridized carbons (Fsp3) is 0. The fourth-order valence-electron chi connectivity index (χ4n) is 1.57. The van der Waals surface area contributed by atoms with Crippen LogP contribution >= 0.6 is 0 Å². The van der Waals surface area contributed by atoms with Gasteiger partial charge in [-0.05, 0) is 29.8 Å². The number of phenolic OH excluding ortho intramolecular Hbond substituents is 1. The highest BCUT2D eigenvalue weighted by molar-refractivity contribution is 5.88. The number of aromatic hydroxyl groups is 1. The van der Waals surface area contributed by atoms with Gasteiger partial charge in [-0.2, -0.15) is 0 Å². The molecule has 0 radical (unpaired) electrons. The largest absolute Gasteiger partial charge is 0.508 e. The van der Waals surface area contributed by atoms with Crippen molar-refractivity contribution < 1.29 is 19.4 Å². The van der Waals surface area contributed by atoms with Gasteiger partial charge in [-0.1, -0.05) is 24.3 Å². The van der Waals surface area contributed by atoms with E-state index in [9.17, 15) is 9.18 Å². The van der Waals surface area contributed by atoms with Crippen LogP contribution in [0, 0.1) is 5.82 Å². The Morgan fingerprint density at radius 2 is 1.74 bits per heavy atom. The van der Waals surface area contributed by atoms with E-state index in [0.29, 0.717) is 5.56 Å². The second-order valence-electron chi connectivity index (χ2n) is 3.97. The van der Waals surface area contributed by atoms with Crippen LogP contribution in [0.1, 0.15) is 21.5 Å². The van der Waals surface area contributed by atoms with E-state index in [1.807, 2.05) is 0 Å². The number of carboxylic acids is 1. The number of carbonyl (C=O) groups is 1. The maximum atomic E-state index is 13.4. The summed E-state index contributed by atoms with van der Waals surface area (Å²) in [4.78, 5) is 10.7. The summed E-state index contributed by atoms with van der Waals surface area (Å²) in [5.41, 5.74) is 1.31. The number of phenols is 1. The van der Waals surface area contributed by atoms with E-state index in [2.05, 4.69) is 0 Å². The molecule has 2 N–H and O–H groups in total. The third-order valence-electron chi connectivity index (χ3n) is 2.60. The van der Waals surface area contributed by atoms with Gasteiger partial charge in [0.25, 0.3) is 0 Å². The lowest BCUT2D eigenvalue weighted by Gasteiger charge is -1.99. The van der Waals surface area contributed by atoms with Gasteiger partial charge >= 0.3 is 5.97 Å². The van der Waals surface area contributed by atoms with Crippen LogP contribution in [-0.2, 0) is 0 Å². The van der Waals surface area contributed by atoms with Gasteiger partial charge in [0.2, 0.25) is 0 Å². The van der Waals surface area contributed by atoms with Crippen LogP contribution in [0.4, 0.5) is 4.39 Å². The van der Waals surface area contributed by atoms with E-state index in [1.165, 1.54) is 24.3 Å².